The van der Waals surface area contributed by atoms with Crippen molar-refractivity contribution < 1.29 is 33.1 Å². The number of phosphoric acid groups is 1. The molecular weight excluding hydrogens is 312 g/mol. The molecule has 1 saturated heterocycles. The van der Waals surface area contributed by atoms with Gasteiger partial charge < -0.3 is 25.4 Å². The summed E-state index contributed by atoms with van der Waals surface area (Å²) >= 11 is 0. The first-order valence-electron chi connectivity index (χ1n) is 5.76. The first-order valence-corrected chi connectivity index (χ1v) is 7.29. The van der Waals surface area contributed by atoms with E-state index in [9.17, 15) is 18.9 Å². The van der Waals surface area contributed by atoms with Crippen molar-refractivity contribution in [3.63, 3.8) is 0 Å². The molecule has 12 heteroatoms. The molecule has 3 heterocycles. The number of halogens is 1. The summed E-state index contributed by atoms with van der Waals surface area (Å²) in [5, 5.41) is 9.95. The maximum atomic E-state index is 14.8. The second kappa shape index (κ2) is 4.32. The molecule has 1 fully saturated rings. The largest absolute Gasteiger partial charge is 0.469 e. The topological polar surface area (TPSA) is 157 Å². The number of aliphatic hydroxyl groups excluding tert-OH is 1. The zero-order valence-corrected chi connectivity index (χ0v) is 11.2. The molecule has 0 bridgehead atoms. The van der Waals surface area contributed by atoms with Gasteiger partial charge in [0.1, 0.15) is 18.0 Å². The molecule has 0 spiro atoms. The van der Waals surface area contributed by atoms with E-state index in [0.717, 1.165) is 10.6 Å². The Labute approximate surface area is 116 Å². The number of anilines is 1. The van der Waals surface area contributed by atoms with Crippen LogP contribution in [0.5, 0.6) is 0 Å². The zero-order chi connectivity index (χ0) is 15.6. The van der Waals surface area contributed by atoms with Crippen LogP contribution in [0.3, 0.4) is 0 Å². The van der Waals surface area contributed by atoms with Gasteiger partial charge in [0.05, 0.1) is 12.3 Å². The number of nitrogens with two attached hydrogens (primary N) is 1. The maximum absolute atomic E-state index is 14.8. The number of nitrogen functional groups attached to an aromatic ring is 1. The van der Waals surface area contributed by atoms with Crippen LogP contribution in [-0.2, 0) is 19.5 Å². The average Bonchev–Trinajstić information content (AvgIpc) is 2.56. The molecule has 0 radical (unpaired) electrons. The molecule has 2 aliphatic heterocycles. The van der Waals surface area contributed by atoms with Crippen molar-refractivity contribution in [3.8, 4) is 0 Å². The number of alkyl halides is 1. The van der Waals surface area contributed by atoms with E-state index in [4.69, 9.17) is 20.3 Å². The lowest BCUT2D eigenvalue weighted by Gasteiger charge is -2.40. The Hall–Kier alpha value is -1.36. The van der Waals surface area contributed by atoms with E-state index in [0.29, 0.717) is 0 Å². The number of hydrogen-bond donors (Lipinski definition) is 4. The molecular formula is C9H11FN3O7P. The molecule has 5 N–H and O–H groups in total. The van der Waals surface area contributed by atoms with E-state index >= 15 is 0 Å². The van der Waals surface area contributed by atoms with Crippen molar-refractivity contribution in [2.75, 3.05) is 12.3 Å². The number of fused-ring (bicyclic) bond motifs is 4. The Morgan fingerprint density at radius 2 is 2.29 bits per heavy atom. The Morgan fingerprint density at radius 1 is 1.62 bits per heavy atom. The van der Waals surface area contributed by atoms with E-state index in [1.54, 1.807) is 0 Å². The first kappa shape index (κ1) is 14.6. The van der Waals surface area contributed by atoms with Gasteiger partial charge in [-0.25, -0.2) is 13.8 Å². The summed E-state index contributed by atoms with van der Waals surface area (Å²) in [6.45, 7) is -0.737. The predicted octanol–water partition coefficient (Wildman–Crippen LogP) is -1.63. The van der Waals surface area contributed by atoms with Gasteiger partial charge >= 0.3 is 13.5 Å². The monoisotopic (exact) mass is 323 g/mol. The fraction of sp³-hybridized carbons (Fsp3) is 0.556. The Kier molecular flexibility index (Phi) is 3.00. The quantitative estimate of drug-likeness (QED) is 0.479. The number of hydrogen-bond acceptors (Lipinski definition) is 7. The third kappa shape index (κ3) is 2.01. The molecule has 0 aliphatic carbocycles. The lowest BCUT2D eigenvalue weighted by molar-refractivity contribution is -0.118. The molecule has 1 aromatic rings. The van der Waals surface area contributed by atoms with Gasteiger partial charge in [-0.3, -0.25) is 9.09 Å². The first-order chi connectivity index (χ1) is 9.64. The smallest absolute Gasteiger partial charge is 0.386 e. The van der Waals surface area contributed by atoms with Crippen molar-refractivity contribution in [1.82, 2.24) is 9.55 Å². The molecule has 1 aromatic heterocycles. The van der Waals surface area contributed by atoms with Crippen LogP contribution in [0, 0.1) is 0 Å². The van der Waals surface area contributed by atoms with Gasteiger partial charge in [0, 0.05) is 6.07 Å². The van der Waals surface area contributed by atoms with Gasteiger partial charge in [0.2, 0.25) is 5.67 Å². The van der Waals surface area contributed by atoms with Crippen molar-refractivity contribution >= 4 is 13.6 Å². The van der Waals surface area contributed by atoms with Crippen molar-refractivity contribution in [3.05, 3.63) is 22.2 Å². The van der Waals surface area contributed by atoms with E-state index in [2.05, 4.69) is 9.51 Å². The normalized spacial score (nSPS) is 34.2. The number of phosphoric ester groups is 1. The standard InChI is InChI=1S/C9H11FN3O7P/c10-9-4-1-5(11)12-8(15)13(4)7(9)20-3(6(9)14)2-19-21(16,17)18/h1,3,6-7,14H,2H2,(H2,11,12,15)(H2,16,17,18)/t3-,6?,7-,9?/m1/s1. The third-order valence-electron chi connectivity index (χ3n) is 3.45. The summed E-state index contributed by atoms with van der Waals surface area (Å²) in [5.41, 5.74) is 1.92. The molecule has 10 nitrogen and oxygen atoms in total. The molecule has 21 heavy (non-hydrogen) atoms. The molecule has 2 aliphatic rings. The summed E-state index contributed by atoms with van der Waals surface area (Å²) < 4.78 is 35.6. The average molecular weight is 323 g/mol. The molecule has 2 unspecified atom stereocenters. The number of aliphatic hydroxyl groups is 1. The van der Waals surface area contributed by atoms with Crippen molar-refractivity contribution in [1.29, 1.82) is 0 Å². The van der Waals surface area contributed by atoms with Crippen LogP contribution in [0.2, 0.25) is 0 Å². The van der Waals surface area contributed by atoms with Gasteiger partial charge in [-0.2, -0.15) is 4.98 Å². The van der Waals surface area contributed by atoms with Gasteiger partial charge in [-0.15, -0.1) is 0 Å². The summed E-state index contributed by atoms with van der Waals surface area (Å²) in [4.78, 5) is 32.2. The van der Waals surface area contributed by atoms with Crippen LogP contribution >= 0.6 is 7.82 Å². The van der Waals surface area contributed by atoms with Crippen LogP contribution in [0.25, 0.3) is 0 Å². The van der Waals surface area contributed by atoms with Gasteiger partial charge in [0.25, 0.3) is 0 Å². The van der Waals surface area contributed by atoms with Crippen molar-refractivity contribution in [2.24, 2.45) is 0 Å². The summed E-state index contributed by atoms with van der Waals surface area (Å²) in [7, 11) is -4.79. The lowest BCUT2D eigenvalue weighted by Crippen LogP contribution is -2.55. The molecule has 0 saturated carbocycles. The Morgan fingerprint density at radius 3 is 2.90 bits per heavy atom. The molecule has 3 rings (SSSR count). The highest BCUT2D eigenvalue weighted by atomic mass is 31.2. The minimum absolute atomic E-state index is 0.198. The summed E-state index contributed by atoms with van der Waals surface area (Å²) in [6.07, 6.45) is -4.56. The fourth-order valence-corrected chi connectivity index (χ4v) is 2.89. The van der Waals surface area contributed by atoms with E-state index in [-0.39, 0.29) is 11.5 Å². The second-order valence-corrected chi connectivity index (χ2v) is 5.98. The van der Waals surface area contributed by atoms with Crippen LogP contribution in [-0.4, -0.2) is 43.3 Å². The molecule has 116 valence electrons. The minimum Gasteiger partial charge on any atom is -0.386 e. The van der Waals surface area contributed by atoms with Crippen LogP contribution in [0.1, 0.15) is 11.9 Å². The van der Waals surface area contributed by atoms with E-state index in [1.165, 1.54) is 0 Å². The number of nitrogens with zero attached hydrogens (tertiary/aromatic N) is 2. The van der Waals surface area contributed by atoms with Crippen LogP contribution in [0.4, 0.5) is 10.2 Å². The second-order valence-electron chi connectivity index (χ2n) is 4.74. The van der Waals surface area contributed by atoms with Crippen LogP contribution < -0.4 is 11.4 Å². The predicted molar refractivity (Wildman–Crippen MR) is 63.6 cm³/mol. The molecule has 0 amide bonds. The van der Waals surface area contributed by atoms with E-state index in [1.807, 2.05) is 0 Å². The maximum Gasteiger partial charge on any atom is 0.469 e. The third-order valence-corrected chi connectivity index (χ3v) is 3.94. The van der Waals surface area contributed by atoms with Crippen LogP contribution in [0.15, 0.2) is 10.9 Å². The number of aromatic nitrogens is 2. The molecule has 4 atom stereocenters. The zero-order valence-electron chi connectivity index (χ0n) is 10.3. The molecule has 0 aromatic carbocycles. The summed E-state index contributed by atoms with van der Waals surface area (Å²) in [5.74, 6) is -0.205. The van der Waals surface area contributed by atoms with Gasteiger partial charge in [-0.05, 0) is 0 Å². The van der Waals surface area contributed by atoms with Gasteiger partial charge in [-0.1, -0.05) is 0 Å². The SMILES string of the molecule is Nc1cc2n(c(=O)n1)[C@@H]1O[C@H](COP(=O)(O)O)C(O)C21F. The van der Waals surface area contributed by atoms with Crippen molar-refractivity contribution in [2.45, 2.75) is 24.1 Å². The minimum atomic E-state index is -4.79. The fourth-order valence-electron chi connectivity index (χ4n) is 2.55. The Bertz CT molecular complexity index is 705. The van der Waals surface area contributed by atoms with Gasteiger partial charge in [0.15, 0.2) is 6.23 Å². The lowest BCUT2D eigenvalue weighted by atomic mass is 9.86. The number of ether oxygens (including phenoxy) is 1. The highest BCUT2D eigenvalue weighted by Gasteiger charge is 2.67. The van der Waals surface area contributed by atoms with E-state index < -0.39 is 44.2 Å². The Balaban J connectivity index is 1.90. The highest BCUT2D eigenvalue weighted by Crippen LogP contribution is 2.56. The highest BCUT2D eigenvalue weighted by molar-refractivity contribution is 7.46. The summed E-state index contributed by atoms with van der Waals surface area (Å²) in [6, 6.07) is 1.09. The number of rotatable bonds is 3.